The minimum Gasteiger partial charge on any atom is -0.481 e. The molecule has 2 unspecified atom stereocenters. The summed E-state index contributed by atoms with van der Waals surface area (Å²) >= 11 is 0. The van der Waals surface area contributed by atoms with E-state index >= 15 is 0 Å². The summed E-state index contributed by atoms with van der Waals surface area (Å²) < 4.78 is 10.4. The van der Waals surface area contributed by atoms with Crippen LogP contribution in [-0.4, -0.2) is 46.6 Å². The molecule has 0 aromatic heterocycles. The molecule has 0 aromatic rings. The minimum atomic E-state index is -1.11. The highest BCUT2D eigenvalue weighted by molar-refractivity contribution is 5.82. The van der Waals surface area contributed by atoms with Gasteiger partial charge in [0.25, 0.3) is 0 Å². The number of hydrogen-bond acceptors (Lipinski definition) is 4. The lowest BCUT2D eigenvalue weighted by atomic mass is 9.79. The van der Waals surface area contributed by atoms with E-state index in [0.29, 0.717) is 0 Å². The molecule has 3 heterocycles. The van der Waals surface area contributed by atoms with Gasteiger partial charge in [0, 0.05) is 0 Å². The Morgan fingerprint density at radius 2 is 1.14 bits per heavy atom. The molecular formula is C8H8O6. The molecule has 2 N–H and O–H groups in total. The lowest BCUT2D eigenvalue weighted by Gasteiger charge is -2.17. The lowest BCUT2D eigenvalue weighted by Crippen LogP contribution is -2.41. The van der Waals surface area contributed by atoms with E-state index in [0.717, 1.165) is 0 Å². The SMILES string of the molecule is O=C(O)C1C(C(=O)O)[C@@H]2O[C@@H]1[C@@H]1O[C@@H]12. The van der Waals surface area contributed by atoms with Crippen molar-refractivity contribution in [2.75, 3.05) is 0 Å². The fraction of sp³-hybridized carbons (Fsp3) is 0.750. The molecule has 0 spiro atoms. The lowest BCUT2D eigenvalue weighted by molar-refractivity contribution is -0.153. The van der Waals surface area contributed by atoms with Crippen LogP contribution in [0.15, 0.2) is 0 Å². The van der Waals surface area contributed by atoms with E-state index in [1.165, 1.54) is 0 Å². The van der Waals surface area contributed by atoms with Gasteiger partial charge in [0.2, 0.25) is 0 Å². The fourth-order valence-electron chi connectivity index (χ4n) is 2.58. The van der Waals surface area contributed by atoms with Gasteiger partial charge in [-0.05, 0) is 0 Å². The number of epoxide rings is 1. The van der Waals surface area contributed by atoms with Crippen LogP contribution in [0, 0.1) is 11.8 Å². The summed E-state index contributed by atoms with van der Waals surface area (Å²) in [4.78, 5) is 21.7. The molecule has 0 saturated carbocycles. The van der Waals surface area contributed by atoms with Gasteiger partial charge in [-0.1, -0.05) is 0 Å². The topological polar surface area (TPSA) is 96.4 Å². The monoisotopic (exact) mass is 200 g/mol. The molecule has 6 heteroatoms. The Labute approximate surface area is 78.4 Å². The maximum atomic E-state index is 10.9. The number of fused-ring (bicyclic) bond motifs is 5. The van der Waals surface area contributed by atoms with E-state index < -0.39 is 36.0 Å². The zero-order valence-corrected chi connectivity index (χ0v) is 6.99. The molecule has 6 nitrogen and oxygen atoms in total. The second-order valence-electron chi connectivity index (χ2n) is 3.86. The van der Waals surface area contributed by atoms with E-state index in [1.807, 2.05) is 0 Å². The molecule has 2 bridgehead atoms. The highest BCUT2D eigenvalue weighted by Crippen LogP contribution is 2.53. The summed E-state index contributed by atoms with van der Waals surface area (Å²) in [5, 5.41) is 17.8. The molecule has 0 aromatic carbocycles. The third kappa shape index (κ3) is 0.777. The van der Waals surface area contributed by atoms with Gasteiger partial charge in [0.15, 0.2) is 0 Å². The van der Waals surface area contributed by atoms with Crippen molar-refractivity contribution in [3.8, 4) is 0 Å². The van der Waals surface area contributed by atoms with E-state index in [4.69, 9.17) is 19.7 Å². The second-order valence-corrected chi connectivity index (χ2v) is 3.86. The number of hydrogen-bond donors (Lipinski definition) is 2. The number of carboxylic acids is 2. The van der Waals surface area contributed by atoms with E-state index in [2.05, 4.69) is 0 Å². The largest absolute Gasteiger partial charge is 0.481 e. The predicted octanol–water partition coefficient (Wildman–Crippen LogP) is -1.06. The van der Waals surface area contributed by atoms with Gasteiger partial charge < -0.3 is 19.7 Å². The van der Waals surface area contributed by atoms with Gasteiger partial charge in [-0.25, -0.2) is 0 Å². The zero-order valence-electron chi connectivity index (χ0n) is 6.99. The van der Waals surface area contributed by atoms with Crippen LogP contribution >= 0.6 is 0 Å². The van der Waals surface area contributed by atoms with Crippen LogP contribution in [0.5, 0.6) is 0 Å². The Hall–Kier alpha value is -1.14. The Morgan fingerprint density at radius 3 is 1.50 bits per heavy atom. The number of rotatable bonds is 2. The van der Waals surface area contributed by atoms with Crippen molar-refractivity contribution in [1.82, 2.24) is 0 Å². The van der Waals surface area contributed by atoms with Crippen molar-refractivity contribution < 1.29 is 29.3 Å². The average molecular weight is 200 g/mol. The number of aliphatic carboxylic acids is 2. The average Bonchev–Trinajstić information content (AvgIpc) is 2.71. The van der Waals surface area contributed by atoms with Crippen LogP contribution in [0.4, 0.5) is 0 Å². The Kier molecular flexibility index (Phi) is 1.32. The van der Waals surface area contributed by atoms with Crippen LogP contribution in [0.1, 0.15) is 0 Å². The summed E-state index contributed by atoms with van der Waals surface area (Å²) in [5.74, 6) is -4.14. The first-order valence-corrected chi connectivity index (χ1v) is 4.38. The Morgan fingerprint density at radius 1 is 0.786 bits per heavy atom. The van der Waals surface area contributed by atoms with E-state index in [9.17, 15) is 9.59 Å². The molecule has 3 aliphatic heterocycles. The van der Waals surface area contributed by atoms with Crippen LogP contribution < -0.4 is 0 Å². The van der Waals surface area contributed by atoms with Gasteiger partial charge in [-0.15, -0.1) is 0 Å². The third-order valence-corrected chi connectivity index (χ3v) is 3.19. The van der Waals surface area contributed by atoms with Gasteiger partial charge in [0.05, 0.1) is 0 Å². The van der Waals surface area contributed by atoms with Gasteiger partial charge in [-0.2, -0.15) is 0 Å². The molecule has 3 fully saturated rings. The van der Waals surface area contributed by atoms with Gasteiger partial charge in [0.1, 0.15) is 36.3 Å². The maximum Gasteiger partial charge on any atom is 0.310 e. The van der Waals surface area contributed by atoms with Gasteiger partial charge >= 0.3 is 11.9 Å². The first-order valence-electron chi connectivity index (χ1n) is 4.38. The minimum absolute atomic E-state index is 0.184. The normalized spacial score (nSPS) is 52.9. The Bertz CT molecular complexity index is 296. The molecule has 0 aliphatic carbocycles. The number of carboxylic acid groups (broad SMARTS) is 2. The molecule has 0 radical (unpaired) electrons. The zero-order chi connectivity index (χ0) is 10.0. The molecule has 76 valence electrons. The number of carbonyl (C=O) groups is 2. The van der Waals surface area contributed by atoms with E-state index in [1.54, 1.807) is 0 Å². The summed E-state index contributed by atoms with van der Waals surface area (Å²) in [6, 6.07) is 0. The van der Waals surface area contributed by atoms with Gasteiger partial charge in [-0.3, -0.25) is 9.59 Å². The molecule has 6 atom stereocenters. The summed E-state index contributed by atoms with van der Waals surface area (Å²) in [6.45, 7) is 0. The molecule has 0 amide bonds. The van der Waals surface area contributed by atoms with Crippen LogP contribution in [0.25, 0.3) is 0 Å². The van der Waals surface area contributed by atoms with Crippen molar-refractivity contribution in [3.63, 3.8) is 0 Å². The molecular weight excluding hydrogens is 192 g/mol. The fourth-order valence-corrected chi connectivity index (χ4v) is 2.58. The highest BCUT2D eigenvalue weighted by Gasteiger charge is 2.72. The van der Waals surface area contributed by atoms with Crippen molar-refractivity contribution in [1.29, 1.82) is 0 Å². The maximum absolute atomic E-state index is 10.9. The highest BCUT2D eigenvalue weighted by atomic mass is 16.7. The van der Waals surface area contributed by atoms with Crippen LogP contribution in [0.3, 0.4) is 0 Å². The molecule has 3 aliphatic rings. The Balaban J connectivity index is 1.95. The second kappa shape index (κ2) is 2.26. The van der Waals surface area contributed by atoms with Crippen LogP contribution in [-0.2, 0) is 19.1 Å². The van der Waals surface area contributed by atoms with E-state index in [-0.39, 0.29) is 12.2 Å². The predicted molar refractivity (Wildman–Crippen MR) is 39.6 cm³/mol. The number of ether oxygens (including phenoxy) is 2. The first kappa shape index (κ1) is 8.19. The van der Waals surface area contributed by atoms with Crippen molar-refractivity contribution in [2.24, 2.45) is 11.8 Å². The van der Waals surface area contributed by atoms with Crippen LogP contribution in [0.2, 0.25) is 0 Å². The summed E-state index contributed by atoms with van der Waals surface area (Å²) in [6.07, 6.45) is -1.50. The standard InChI is InChI=1S/C8H8O6/c9-7(10)1-2(8(11)12)4-6-5(14-6)3(1)13-4/h1-6H,(H,9,10)(H,11,12)/t1?,2?,3-,4-,5-,6+/m0/s1. The molecule has 14 heavy (non-hydrogen) atoms. The summed E-state index contributed by atoms with van der Waals surface area (Å²) in [5.41, 5.74) is 0. The van der Waals surface area contributed by atoms with Crippen molar-refractivity contribution in [2.45, 2.75) is 24.4 Å². The molecule has 3 rings (SSSR count). The molecule has 3 saturated heterocycles. The van der Waals surface area contributed by atoms with Crippen molar-refractivity contribution >= 4 is 11.9 Å². The first-order chi connectivity index (χ1) is 6.61. The quantitative estimate of drug-likeness (QED) is 0.551. The summed E-state index contributed by atoms with van der Waals surface area (Å²) in [7, 11) is 0. The smallest absolute Gasteiger partial charge is 0.310 e. The third-order valence-electron chi connectivity index (χ3n) is 3.19. The van der Waals surface area contributed by atoms with Crippen molar-refractivity contribution in [3.05, 3.63) is 0 Å².